The van der Waals surface area contributed by atoms with E-state index >= 15 is 0 Å². The van der Waals surface area contributed by atoms with Crippen LogP contribution >= 0.6 is 0 Å². The molecule has 1 amide bonds. The highest BCUT2D eigenvalue weighted by Crippen LogP contribution is 2.20. The molecule has 0 aliphatic carbocycles. The molecule has 0 aromatic heterocycles. The van der Waals surface area contributed by atoms with Crippen LogP contribution in [-0.2, 0) is 9.47 Å². The summed E-state index contributed by atoms with van der Waals surface area (Å²) >= 11 is 0. The van der Waals surface area contributed by atoms with Crippen LogP contribution in [0.2, 0.25) is 0 Å². The minimum atomic E-state index is -0.465. The number of carbonyl (C=O) groups is 1. The zero-order chi connectivity index (χ0) is 17.6. The predicted octanol–water partition coefficient (Wildman–Crippen LogP) is 3.43. The van der Waals surface area contributed by atoms with Crippen LogP contribution in [-0.4, -0.2) is 55.0 Å². The highest BCUT2D eigenvalue weighted by atomic mass is 16.6. The van der Waals surface area contributed by atoms with Gasteiger partial charge in [-0.3, -0.25) is 0 Å². The Labute approximate surface area is 142 Å². The molecule has 0 spiro atoms. The van der Waals surface area contributed by atoms with Crippen LogP contribution in [0.1, 0.15) is 60.8 Å². The van der Waals surface area contributed by atoms with Crippen molar-refractivity contribution in [2.45, 2.75) is 84.6 Å². The molecular weight excluding hydrogens is 292 g/mol. The van der Waals surface area contributed by atoms with E-state index in [1.165, 1.54) is 6.42 Å². The minimum absolute atomic E-state index is 0.0218. The van der Waals surface area contributed by atoms with Crippen LogP contribution in [0, 0.1) is 5.92 Å². The van der Waals surface area contributed by atoms with Crippen molar-refractivity contribution in [1.82, 2.24) is 10.2 Å². The Kier molecular flexibility index (Phi) is 7.81. The van der Waals surface area contributed by atoms with Crippen molar-refractivity contribution < 1.29 is 14.3 Å². The van der Waals surface area contributed by atoms with Gasteiger partial charge in [0.15, 0.2) is 0 Å². The minimum Gasteiger partial charge on any atom is -0.444 e. The Bertz CT molecular complexity index is 368. The van der Waals surface area contributed by atoms with E-state index < -0.39 is 5.60 Å². The first-order valence-electron chi connectivity index (χ1n) is 8.96. The zero-order valence-corrected chi connectivity index (χ0v) is 16.0. The van der Waals surface area contributed by atoms with E-state index in [1.54, 1.807) is 12.0 Å². The number of hydrogen-bond donors (Lipinski definition) is 1. The van der Waals surface area contributed by atoms with Crippen molar-refractivity contribution in [2.75, 3.05) is 20.2 Å². The van der Waals surface area contributed by atoms with Crippen LogP contribution in [0.3, 0.4) is 0 Å². The van der Waals surface area contributed by atoms with Gasteiger partial charge in [0.05, 0.1) is 18.7 Å². The lowest BCUT2D eigenvalue weighted by molar-refractivity contribution is 0.0252. The Morgan fingerprint density at radius 3 is 2.39 bits per heavy atom. The summed E-state index contributed by atoms with van der Waals surface area (Å²) in [6, 6.07) is 0.632. The van der Waals surface area contributed by atoms with Crippen molar-refractivity contribution in [3.63, 3.8) is 0 Å². The van der Waals surface area contributed by atoms with Crippen molar-refractivity contribution >= 4 is 6.09 Å². The number of rotatable bonds is 7. The van der Waals surface area contributed by atoms with Gasteiger partial charge in [-0.15, -0.1) is 0 Å². The van der Waals surface area contributed by atoms with Gasteiger partial charge in [0.25, 0.3) is 0 Å². The molecule has 1 aliphatic rings. The van der Waals surface area contributed by atoms with Gasteiger partial charge in [-0.05, 0) is 39.5 Å². The number of carbonyl (C=O) groups excluding carboxylic acids is 1. The average Bonchev–Trinajstić information content (AvgIpc) is 2.87. The van der Waals surface area contributed by atoms with Crippen molar-refractivity contribution in [3.05, 3.63) is 0 Å². The Morgan fingerprint density at radius 1 is 1.26 bits per heavy atom. The Balaban J connectivity index is 2.62. The maximum atomic E-state index is 12.3. The summed E-state index contributed by atoms with van der Waals surface area (Å²) in [5, 5.41) is 3.71. The second-order valence-electron chi connectivity index (χ2n) is 7.79. The summed E-state index contributed by atoms with van der Waals surface area (Å²) in [7, 11) is 1.72. The van der Waals surface area contributed by atoms with Crippen LogP contribution in [0.4, 0.5) is 4.79 Å². The molecule has 0 aromatic rings. The number of amides is 1. The molecule has 1 aliphatic heterocycles. The molecule has 1 heterocycles. The van der Waals surface area contributed by atoms with Crippen molar-refractivity contribution in [2.24, 2.45) is 5.92 Å². The molecule has 0 radical (unpaired) electrons. The SMILES string of the molecule is CCC(C)CC(CC)NC1CN(C(=O)OC(C)(C)C)C[C@@H]1OC. The second-order valence-corrected chi connectivity index (χ2v) is 7.79. The first-order chi connectivity index (χ1) is 10.7. The molecule has 0 saturated carbocycles. The third-order valence-corrected chi connectivity index (χ3v) is 4.55. The summed E-state index contributed by atoms with van der Waals surface area (Å²) in [5.41, 5.74) is -0.465. The largest absolute Gasteiger partial charge is 0.444 e. The van der Waals surface area contributed by atoms with E-state index in [-0.39, 0.29) is 18.2 Å². The molecule has 3 unspecified atom stereocenters. The highest BCUT2D eigenvalue weighted by Gasteiger charge is 2.38. The predicted molar refractivity (Wildman–Crippen MR) is 93.7 cm³/mol. The van der Waals surface area contributed by atoms with E-state index in [9.17, 15) is 4.79 Å². The summed E-state index contributed by atoms with van der Waals surface area (Å²) in [6.45, 7) is 13.6. The molecule has 0 bridgehead atoms. The van der Waals surface area contributed by atoms with Crippen molar-refractivity contribution in [3.8, 4) is 0 Å². The number of methoxy groups -OCH3 is 1. The summed E-state index contributed by atoms with van der Waals surface area (Å²) in [5.74, 6) is 0.705. The first kappa shape index (κ1) is 20.2. The lowest BCUT2D eigenvalue weighted by Gasteiger charge is -2.27. The van der Waals surface area contributed by atoms with E-state index in [0.717, 1.165) is 12.8 Å². The quantitative estimate of drug-likeness (QED) is 0.778. The molecule has 136 valence electrons. The lowest BCUT2D eigenvalue weighted by atomic mass is 9.97. The summed E-state index contributed by atoms with van der Waals surface area (Å²) in [4.78, 5) is 14.0. The van der Waals surface area contributed by atoms with Gasteiger partial charge in [0, 0.05) is 19.7 Å². The number of likely N-dealkylation sites (tertiary alicyclic amines) is 1. The average molecular weight is 328 g/mol. The van der Waals surface area contributed by atoms with Gasteiger partial charge in [-0.1, -0.05) is 27.2 Å². The highest BCUT2D eigenvalue weighted by molar-refractivity contribution is 5.68. The second kappa shape index (κ2) is 8.88. The maximum Gasteiger partial charge on any atom is 0.410 e. The number of hydrogen-bond acceptors (Lipinski definition) is 4. The molecule has 1 fully saturated rings. The summed E-state index contributed by atoms with van der Waals surface area (Å²) < 4.78 is 11.1. The summed E-state index contributed by atoms with van der Waals surface area (Å²) in [6.07, 6.45) is 3.21. The molecule has 4 atom stereocenters. The molecular formula is C18H36N2O3. The fourth-order valence-electron chi connectivity index (χ4n) is 2.96. The molecule has 5 nitrogen and oxygen atoms in total. The van der Waals surface area contributed by atoms with Gasteiger partial charge < -0.3 is 19.7 Å². The van der Waals surface area contributed by atoms with E-state index in [1.807, 2.05) is 20.8 Å². The molecule has 0 aromatic carbocycles. The molecule has 1 saturated heterocycles. The van der Waals surface area contributed by atoms with Crippen LogP contribution < -0.4 is 5.32 Å². The maximum absolute atomic E-state index is 12.3. The monoisotopic (exact) mass is 328 g/mol. The fraction of sp³-hybridized carbons (Fsp3) is 0.944. The molecule has 23 heavy (non-hydrogen) atoms. The number of ether oxygens (including phenoxy) is 2. The smallest absolute Gasteiger partial charge is 0.410 e. The van der Waals surface area contributed by atoms with Gasteiger partial charge in [0.1, 0.15) is 5.60 Å². The molecule has 5 heteroatoms. The van der Waals surface area contributed by atoms with E-state index in [4.69, 9.17) is 9.47 Å². The lowest BCUT2D eigenvalue weighted by Crippen LogP contribution is -2.46. The third kappa shape index (κ3) is 6.68. The van der Waals surface area contributed by atoms with Gasteiger partial charge in [-0.25, -0.2) is 4.79 Å². The third-order valence-electron chi connectivity index (χ3n) is 4.55. The van der Waals surface area contributed by atoms with Crippen LogP contribution in [0.15, 0.2) is 0 Å². The zero-order valence-electron chi connectivity index (χ0n) is 16.0. The Morgan fingerprint density at radius 2 is 1.91 bits per heavy atom. The number of nitrogens with zero attached hydrogens (tertiary/aromatic N) is 1. The molecule has 1 rings (SSSR count). The Hall–Kier alpha value is -0.810. The van der Waals surface area contributed by atoms with Crippen molar-refractivity contribution in [1.29, 1.82) is 0 Å². The fourth-order valence-corrected chi connectivity index (χ4v) is 2.96. The normalized spacial score (nSPS) is 24.6. The van der Waals surface area contributed by atoms with E-state index in [2.05, 4.69) is 26.1 Å². The topological polar surface area (TPSA) is 50.8 Å². The van der Waals surface area contributed by atoms with E-state index in [0.29, 0.717) is 25.0 Å². The first-order valence-corrected chi connectivity index (χ1v) is 8.96. The van der Waals surface area contributed by atoms with Crippen LogP contribution in [0.25, 0.3) is 0 Å². The van der Waals surface area contributed by atoms with Gasteiger partial charge in [0.2, 0.25) is 0 Å². The number of nitrogens with one attached hydrogen (secondary N) is 1. The standard InChI is InChI=1S/C18H36N2O3/c1-8-13(3)10-14(9-2)19-15-11-20(12-16(15)22-7)17(21)23-18(4,5)6/h13-16,19H,8-12H2,1-7H3/t13?,14?,15?,16-/m0/s1. The van der Waals surface area contributed by atoms with Crippen LogP contribution in [0.5, 0.6) is 0 Å². The van der Waals surface area contributed by atoms with Gasteiger partial charge in [-0.2, -0.15) is 0 Å². The molecule has 1 N–H and O–H groups in total. The van der Waals surface area contributed by atoms with Gasteiger partial charge >= 0.3 is 6.09 Å².